The quantitative estimate of drug-likeness (QED) is 0.624. The van der Waals surface area contributed by atoms with E-state index in [1.165, 1.54) is 19.4 Å². The lowest BCUT2D eigenvalue weighted by molar-refractivity contribution is 0.0166. The predicted molar refractivity (Wildman–Crippen MR) is 49.0 cm³/mol. The fourth-order valence-electron chi connectivity index (χ4n) is 2.69. The van der Waals surface area contributed by atoms with Crippen molar-refractivity contribution in [3.8, 4) is 0 Å². The van der Waals surface area contributed by atoms with Crippen LogP contribution in [0.1, 0.15) is 25.7 Å². The molecular weight excluding hydrogens is 150 g/mol. The molecule has 0 aromatic heterocycles. The summed E-state index contributed by atoms with van der Waals surface area (Å²) in [6.07, 6.45) is 5.97. The maximum Gasteiger partial charge on any atom is 0.0848 e. The SMILES string of the molecule is C=CCC1(O)CCN2CCCC21. The summed E-state index contributed by atoms with van der Waals surface area (Å²) in [5.74, 6) is 0. The van der Waals surface area contributed by atoms with Crippen LogP contribution in [0.3, 0.4) is 0 Å². The molecule has 0 aliphatic carbocycles. The molecule has 2 fully saturated rings. The second kappa shape index (κ2) is 2.86. The van der Waals surface area contributed by atoms with Crippen molar-refractivity contribution in [2.75, 3.05) is 13.1 Å². The van der Waals surface area contributed by atoms with Gasteiger partial charge >= 0.3 is 0 Å². The van der Waals surface area contributed by atoms with Crippen molar-refractivity contribution in [2.45, 2.75) is 37.3 Å². The van der Waals surface area contributed by atoms with E-state index >= 15 is 0 Å². The number of rotatable bonds is 2. The van der Waals surface area contributed by atoms with Gasteiger partial charge in [0.15, 0.2) is 0 Å². The maximum atomic E-state index is 10.2. The molecule has 0 amide bonds. The molecule has 2 heterocycles. The van der Waals surface area contributed by atoms with Gasteiger partial charge < -0.3 is 5.11 Å². The van der Waals surface area contributed by atoms with Crippen LogP contribution in [-0.4, -0.2) is 34.7 Å². The number of fused-ring (bicyclic) bond motifs is 1. The van der Waals surface area contributed by atoms with E-state index < -0.39 is 5.60 Å². The van der Waals surface area contributed by atoms with Crippen molar-refractivity contribution in [2.24, 2.45) is 0 Å². The Balaban J connectivity index is 2.11. The van der Waals surface area contributed by atoms with Gasteiger partial charge in [0.05, 0.1) is 5.60 Å². The van der Waals surface area contributed by atoms with Gasteiger partial charge in [0.1, 0.15) is 0 Å². The highest BCUT2D eigenvalue weighted by Gasteiger charge is 2.46. The van der Waals surface area contributed by atoms with E-state index in [-0.39, 0.29) is 0 Å². The van der Waals surface area contributed by atoms with Gasteiger partial charge in [0.2, 0.25) is 0 Å². The van der Waals surface area contributed by atoms with Crippen LogP contribution in [0.5, 0.6) is 0 Å². The summed E-state index contributed by atoms with van der Waals surface area (Å²) in [5, 5.41) is 10.2. The van der Waals surface area contributed by atoms with Crippen LogP contribution in [0.4, 0.5) is 0 Å². The lowest BCUT2D eigenvalue weighted by Gasteiger charge is -2.28. The van der Waals surface area contributed by atoms with Crippen LogP contribution >= 0.6 is 0 Å². The number of nitrogens with zero attached hydrogens (tertiary/aromatic N) is 1. The van der Waals surface area contributed by atoms with Gasteiger partial charge in [-0.1, -0.05) is 6.08 Å². The van der Waals surface area contributed by atoms with Gasteiger partial charge in [-0.3, -0.25) is 4.90 Å². The normalized spacial score (nSPS) is 41.6. The first-order valence-corrected chi connectivity index (χ1v) is 4.83. The Bertz CT molecular complexity index is 192. The summed E-state index contributed by atoms with van der Waals surface area (Å²) < 4.78 is 0. The third-order valence-corrected chi connectivity index (χ3v) is 3.31. The fourth-order valence-corrected chi connectivity index (χ4v) is 2.69. The molecule has 2 rings (SSSR count). The second-order valence-electron chi connectivity index (χ2n) is 4.04. The first-order valence-electron chi connectivity index (χ1n) is 4.83. The zero-order valence-electron chi connectivity index (χ0n) is 7.50. The van der Waals surface area contributed by atoms with Gasteiger partial charge in [0, 0.05) is 12.6 Å². The molecule has 0 radical (unpaired) electrons. The third-order valence-electron chi connectivity index (χ3n) is 3.31. The van der Waals surface area contributed by atoms with Crippen molar-refractivity contribution >= 4 is 0 Å². The largest absolute Gasteiger partial charge is 0.388 e. The molecule has 12 heavy (non-hydrogen) atoms. The minimum absolute atomic E-state index is 0.426. The number of hydrogen-bond acceptors (Lipinski definition) is 2. The molecule has 0 aromatic carbocycles. The minimum Gasteiger partial charge on any atom is -0.388 e. The lowest BCUT2D eigenvalue weighted by Crippen LogP contribution is -2.40. The monoisotopic (exact) mass is 167 g/mol. The molecule has 0 spiro atoms. The van der Waals surface area contributed by atoms with Gasteiger partial charge in [-0.2, -0.15) is 0 Å². The van der Waals surface area contributed by atoms with Gasteiger partial charge in [-0.05, 0) is 32.2 Å². The van der Waals surface area contributed by atoms with E-state index in [0.717, 1.165) is 19.4 Å². The van der Waals surface area contributed by atoms with Crippen LogP contribution in [0.25, 0.3) is 0 Å². The average Bonchev–Trinajstić information content (AvgIpc) is 2.57. The van der Waals surface area contributed by atoms with Crippen LogP contribution in [-0.2, 0) is 0 Å². The minimum atomic E-state index is -0.446. The van der Waals surface area contributed by atoms with Crippen LogP contribution in [0, 0.1) is 0 Å². The molecule has 0 aromatic rings. The summed E-state index contributed by atoms with van der Waals surface area (Å²) in [6, 6.07) is 0.426. The van der Waals surface area contributed by atoms with Crippen molar-refractivity contribution in [1.82, 2.24) is 4.90 Å². The number of hydrogen-bond donors (Lipinski definition) is 1. The molecule has 2 unspecified atom stereocenters. The molecule has 2 aliphatic heterocycles. The Morgan fingerprint density at radius 3 is 3.17 bits per heavy atom. The van der Waals surface area contributed by atoms with Gasteiger partial charge in [-0.15, -0.1) is 6.58 Å². The number of aliphatic hydroxyl groups is 1. The molecular formula is C10H17NO. The standard InChI is InChI=1S/C10H17NO/c1-2-5-10(12)6-8-11-7-3-4-9(10)11/h2,9,12H,1,3-8H2. The Morgan fingerprint density at radius 2 is 2.42 bits per heavy atom. The highest BCUT2D eigenvalue weighted by molar-refractivity contribution is 5.04. The first-order chi connectivity index (χ1) is 5.76. The third kappa shape index (κ3) is 1.10. The summed E-state index contributed by atoms with van der Waals surface area (Å²) in [7, 11) is 0. The Hall–Kier alpha value is -0.340. The van der Waals surface area contributed by atoms with E-state index in [2.05, 4.69) is 11.5 Å². The van der Waals surface area contributed by atoms with Crippen molar-refractivity contribution < 1.29 is 5.11 Å². The fraction of sp³-hybridized carbons (Fsp3) is 0.800. The summed E-state index contributed by atoms with van der Waals surface area (Å²) >= 11 is 0. The molecule has 2 aliphatic rings. The Labute approximate surface area is 73.9 Å². The lowest BCUT2D eigenvalue weighted by atomic mass is 9.89. The average molecular weight is 167 g/mol. The van der Waals surface area contributed by atoms with E-state index in [0.29, 0.717) is 6.04 Å². The van der Waals surface area contributed by atoms with Crippen LogP contribution < -0.4 is 0 Å². The smallest absolute Gasteiger partial charge is 0.0848 e. The van der Waals surface area contributed by atoms with E-state index in [1.54, 1.807) is 0 Å². The Morgan fingerprint density at radius 1 is 1.58 bits per heavy atom. The summed E-state index contributed by atoms with van der Waals surface area (Å²) in [4.78, 5) is 2.42. The summed E-state index contributed by atoms with van der Waals surface area (Å²) in [6.45, 7) is 5.97. The second-order valence-corrected chi connectivity index (χ2v) is 4.04. The zero-order chi connectivity index (χ0) is 8.60. The zero-order valence-corrected chi connectivity index (χ0v) is 7.50. The van der Waals surface area contributed by atoms with Gasteiger partial charge in [-0.25, -0.2) is 0 Å². The van der Waals surface area contributed by atoms with Crippen molar-refractivity contribution in [3.05, 3.63) is 12.7 Å². The Kier molecular flexibility index (Phi) is 1.97. The highest BCUT2D eigenvalue weighted by atomic mass is 16.3. The van der Waals surface area contributed by atoms with E-state index in [1.807, 2.05) is 6.08 Å². The van der Waals surface area contributed by atoms with Crippen molar-refractivity contribution in [3.63, 3.8) is 0 Å². The molecule has 0 bridgehead atoms. The van der Waals surface area contributed by atoms with Crippen LogP contribution in [0.2, 0.25) is 0 Å². The topological polar surface area (TPSA) is 23.5 Å². The molecule has 2 heteroatoms. The molecule has 2 saturated heterocycles. The van der Waals surface area contributed by atoms with Crippen LogP contribution in [0.15, 0.2) is 12.7 Å². The first kappa shape index (κ1) is 8.27. The van der Waals surface area contributed by atoms with Crippen molar-refractivity contribution in [1.29, 1.82) is 0 Å². The molecule has 2 nitrogen and oxygen atoms in total. The molecule has 1 N–H and O–H groups in total. The predicted octanol–water partition coefficient (Wildman–Crippen LogP) is 1.16. The molecule has 0 saturated carbocycles. The highest BCUT2D eigenvalue weighted by Crippen LogP contribution is 2.38. The van der Waals surface area contributed by atoms with Gasteiger partial charge in [0.25, 0.3) is 0 Å². The molecule has 68 valence electrons. The van der Waals surface area contributed by atoms with E-state index in [4.69, 9.17) is 0 Å². The maximum absolute atomic E-state index is 10.2. The molecule has 2 atom stereocenters. The summed E-state index contributed by atoms with van der Waals surface area (Å²) in [5.41, 5.74) is -0.446. The van der Waals surface area contributed by atoms with E-state index in [9.17, 15) is 5.11 Å².